The lowest BCUT2D eigenvalue weighted by Crippen LogP contribution is -2.42. The molecular formula is C9H12ClN3O4. The summed E-state index contributed by atoms with van der Waals surface area (Å²) in [5, 5.41) is 0. The van der Waals surface area contributed by atoms with E-state index in [9.17, 15) is 9.59 Å². The molecule has 8 heteroatoms. The Bertz CT molecular complexity index is 366. The maximum Gasteiger partial charge on any atom is 0.326 e. The van der Waals surface area contributed by atoms with E-state index in [1.54, 1.807) is 0 Å². The van der Waals surface area contributed by atoms with Gasteiger partial charge in [-0.1, -0.05) is 0 Å². The maximum absolute atomic E-state index is 11.5. The van der Waals surface area contributed by atoms with Crippen LogP contribution >= 0.6 is 11.8 Å². The highest BCUT2D eigenvalue weighted by Gasteiger charge is 2.37. The van der Waals surface area contributed by atoms with Crippen molar-refractivity contribution in [2.45, 2.75) is 6.29 Å². The number of esters is 2. The SMILES string of the molecule is COC(=O)C(C(=O)OC)C1=CC=NC(N)N1Cl. The topological polar surface area (TPSA) is 94.2 Å². The van der Waals surface area contributed by atoms with Gasteiger partial charge in [-0.05, 0) is 6.08 Å². The summed E-state index contributed by atoms with van der Waals surface area (Å²) < 4.78 is 10.0. The summed E-state index contributed by atoms with van der Waals surface area (Å²) in [6.45, 7) is 0. The first-order valence-electron chi connectivity index (χ1n) is 4.62. The zero-order valence-electron chi connectivity index (χ0n) is 9.29. The van der Waals surface area contributed by atoms with Crippen molar-refractivity contribution in [3.8, 4) is 0 Å². The molecule has 1 atom stereocenters. The summed E-state index contributed by atoms with van der Waals surface area (Å²) in [5.74, 6) is -2.84. The minimum atomic E-state index is -1.28. The molecular weight excluding hydrogens is 250 g/mol. The number of allylic oxidation sites excluding steroid dienone is 1. The van der Waals surface area contributed by atoms with Crippen LogP contribution in [0.3, 0.4) is 0 Å². The predicted molar refractivity (Wildman–Crippen MR) is 59.8 cm³/mol. The smallest absolute Gasteiger partial charge is 0.326 e. The van der Waals surface area contributed by atoms with E-state index in [1.807, 2.05) is 0 Å². The molecule has 0 saturated carbocycles. The first kappa shape index (κ1) is 13.5. The maximum atomic E-state index is 11.5. The van der Waals surface area contributed by atoms with E-state index in [2.05, 4.69) is 14.5 Å². The van der Waals surface area contributed by atoms with Crippen LogP contribution in [0, 0.1) is 5.92 Å². The molecule has 0 aromatic rings. The molecule has 17 heavy (non-hydrogen) atoms. The largest absolute Gasteiger partial charge is 0.468 e. The molecule has 0 bridgehead atoms. The Labute approximate surface area is 103 Å². The first-order chi connectivity index (χ1) is 8.02. The van der Waals surface area contributed by atoms with Gasteiger partial charge in [-0.15, -0.1) is 0 Å². The molecule has 0 aromatic carbocycles. The summed E-state index contributed by atoms with van der Waals surface area (Å²) in [6, 6.07) is 0. The molecule has 1 unspecified atom stereocenters. The molecule has 0 aromatic heterocycles. The van der Waals surface area contributed by atoms with E-state index in [1.165, 1.54) is 12.3 Å². The van der Waals surface area contributed by atoms with Crippen molar-refractivity contribution in [2.75, 3.05) is 14.2 Å². The lowest BCUT2D eigenvalue weighted by molar-refractivity contribution is -0.157. The van der Waals surface area contributed by atoms with Crippen LogP contribution in [-0.2, 0) is 19.1 Å². The van der Waals surface area contributed by atoms with E-state index in [-0.39, 0.29) is 5.70 Å². The number of carbonyl (C=O) groups is 2. The van der Waals surface area contributed by atoms with Crippen molar-refractivity contribution in [3.63, 3.8) is 0 Å². The number of carbonyl (C=O) groups excluding carboxylic acids is 2. The van der Waals surface area contributed by atoms with Gasteiger partial charge in [0, 0.05) is 18.0 Å². The average molecular weight is 262 g/mol. The van der Waals surface area contributed by atoms with Crippen LogP contribution in [0.1, 0.15) is 0 Å². The molecule has 1 rings (SSSR count). The molecule has 0 radical (unpaired) electrons. The van der Waals surface area contributed by atoms with Gasteiger partial charge in [0.15, 0.2) is 12.2 Å². The van der Waals surface area contributed by atoms with Gasteiger partial charge >= 0.3 is 11.9 Å². The van der Waals surface area contributed by atoms with Crippen LogP contribution in [0.4, 0.5) is 0 Å². The van der Waals surface area contributed by atoms with Crippen LogP contribution in [0.25, 0.3) is 0 Å². The van der Waals surface area contributed by atoms with Gasteiger partial charge in [0.05, 0.1) is 19.9 Å². The third kappa shape index (κ3) is 2.75. The standard InChI is InChI=1S/C9H12ClN3O4/c1-16-7(14)6(8(15)17-2)5-3-4-12-9(11)13(5)10/h3-4,6,9H,11H2,1-2H3. The van der Waals surface area contributed by atoms with Crippen LogP contribution in [-0.4, -0.2) is 43.1 Å². The van der Waals surface area contributed by atoms with Gasteiger partial charge in [-0.2, -0.15) is 0 Å². The van der Waals surface area contributed by atoms with Crippen molar-refractivity contribution in [3.05, 3.63) is 11.8 Å². The first-order valence-corrected chi connectivity index (χ1v) is 4.96. The van der Waals surface area contributed by atoms with Gasteiger partial charge in [-0.25, -0.2) is 0 Å². The zero-order valence-corrected chi connectivity index (χ0v) is 10.0. The second kappa shape index (κ2) is 5.65. The second-order valence-electron chi connectivity index (χ2n) is 3.09. The van der Waals surface area contributed by atoms with Gasteiger partial charge in [0.1, 0.15) is 0 Å². The molecule has 94 valence electrons. The quantitative estimate of drug-likeness (QED) is 0.423. The number of nitrogens with two attached hydrogens (primary N) is 1. The van der Waals surface area contributed by atoms with Gasteiger partial charge < -0.3 is 9.47 Å². The normalized spacial score (nSPS) is 19.0. The minimum Gasteiger partial charge on any atom is -0.468 e. The Morgan fingerprint density at radius 1 is 1.47 bits per heavy atom. The number of aliphatic imine (C=N–C) groups is 1. The Morgan fingerprint density at radius 3 is 2.47 bits per heavy atom. The van der Waals surface area contributed by atoms with E-state index >= 15 is 0 Å². The molecule has 0 fully saturated rings. The molecule has 1 heterocycles. The fraction of sp³-hybridized carbons (Fsp3) is 0.444. The van der Waals surface area contributed by atoms with Crippen LogP contribution in [0.2, 0.25) is 0 Å². The highest BCUT2D eigenvalue weighted by Crippen LogP contribution is 2.24. The van der Waals surface area contributed by atoms with Crippen LogP contribution < -0.4 is 5.73 Å². The predicted octanol–water partition coefficient (Wildman–Crippen LogP) is -0.385. The minimum absolute atomic E-state index is 0.160. The molecule has 1 aliphatic rings. The highest BCUT2D eigenvalue weighted by atomic mass is 35.5. The summed E-state index contributed by atoms with van der Waals surface area (Å²) in [4.78, 5) is 26.8. The Kier molecular flexibility index (Phi) is 4.47. The fourth-order valence-electron chi connectivity index (χ4n) is 1.28. The Hall–Kier alpha value is -1.60. The zero-order chi connectivity index (χ0) is 13.0. The number of nitrogens with zero attached hydrogens (tertiary/aromatic N) is 2. The molecule has 1 aliphatic heterocycles. The van der Waals surface area contributed by atoms with Crippen molar-refractivity contribution in [1.29, 1.82) is 0 Å². The summed E-state index contributed by atoms with van der Waals surface area (Å²) >= 11 is 5.84. The number of methoxy groups -OCH3 is 2. The highest BCUT2D eigenvalue weighted by molar-refractivity contribution is 6.16. The summed E-state index contributed by atoms with van der Waals surface area (Å²) in [6.07, 6.45) is 1.89. The lowest BCUT2D eigenvalue weighted by atomic mass is 10.0. The molecule has 0 aliphatic carbocycles. The summed E-state index contributed by atoms with van der Waals surface area (Å²) in [7, 11) is 2.32. The number of rotatable bonds is 3. The van der Waals surface area contributed by atoms with E-state index in [0.717, 1.165) is 18.6 Å². The Morgan fingerprint density at radius 2 is 2.00 bits per heavy atom. The van der Waals surface area contributed by atoms with E-state index in [0.29, 0.717) is 0 Å². The number of hydrogen-bond acceptors (Lipinski definition) is 7. The van der Waals surface area contributed by atoms with Gasteiger partial charge in [0.25, 0.3) is 0 Å². The average Bonchev–Trinajstić information content (AvgIpc) is 2.34. The van der Waals surface area contributed by atoms with Crippen molar-refractivity contribution >= 4 is 29.9 Å². The molecule has 0 spiro atoms. The number of ether oxygens (including phenoxy) is 2. The van der Waals surface area contributed by atoms with Crippen LogP contribution in [0.15, 0.2) is 16.8 Å². The fourth-order valence-corrected chi connectivity index (χ4v) is 1.49. The number of halogens is 1. The van der Waals surface area contributed by atoms with E-state index in [4.69, 9.17) is 17.5 Å². The van der Waals surface area contributed by atoms with Gasteiger partial charge in [-0.3, -0.25) is 24.7 Å². The van der Waals surface area contributed by atoms with Crippen molar-refractivity contribution in [2.24, 2.45) is 16.6 Å². The third-order valence-corrected chi connectivity index (χ3v) is 2.53. The summed E-state index contributed by atoms with van der Waals surface area (Å²) in [5.41, 5.74) is 5.70. The second-order valence-corrected chi connectivity index (χ2v) is 3.46. The van der Waals surface area contributed by atoms with Crippen molar-refractivity contribution in [1.82, 2.24) is 4.42 Å². The monoisotopic (exact) mass is 261 g/mol. The van der Waals surface area contributed by atoms with E-state index < -0.39 is 24.1 Å². The van der Waals surface area contributed by atoms with Crippen LogP contribution in [0.5, 0.6) is 0 Å². The van der Waals surface area contributed by atoms with Crippen molar-refractivity contribution < 1.29 is 19.1 Å². The van der Waals surface area contributed by atoms with Gasteiger partial charge in [0.2, 0.25) is 0 Å². The molecule has 0 saturated heterocycles. The Balaban J connectivity index is 3.06. The molecule has 0 amide bonds. The number of hydrogen-bond donors (Lipinski definition) is 1. The molecule has 2 N–H and O–H groups in total. The molecule has 7 nitrogen and oxygen atoms in total. The lowest BCUT2D eigenvalue weighted by Gasteiger charge is -2.28. The third-order valence-electron chi connectivity index (χ3n) is 2.13.